The molecule has 0 aromatic rings. The molecule has 0 aliphatic carbocycles. The van der Waals surface area contributed by atoms with Crippen LogP contribution in [0.2, 0.25) is 0 Å². The monoisotopic (exact) mass is 152 g/mol. The standard InChI is InChI=1S/C7H12.C4H8/c1-4-5-6-7(2)3;1-3-4-2/h5-6H,2,4H2,1,3H3;3H,1,4H2,2H3/b6-5-;. The molecule has 0 aromatic carbocycles. The summed E-state index contributed by atoms with van der Waals surface area (Å²) in [7, 11) is 0. The molecule has 0 fully saturated rings. The van der Waals surface area contributed by atoms with Crippen LogP contribution in [-0.2, 0) is 0 Å². The van der Waals surface area contributed by atoms with E-state index in [-0.39, 0.29) is 0 Å². The minimum Gasteiger partial charge on any atom is -0.103 e. The van der Waals surface area contributed by atoms with Crippen molar-refractivity contribution in [3.63, 3.8) is 0 Å². The van der Waals surface area contributed by atoms with Crippen LogP contribution in [0.4, 0.5) is 0 Å². The normalized spacial score (nSPS) is 8.64. The third-order valence-corrected chi connectivity index (χ3v) is 0.927. The summed E-state index contributed by atoms with van der Waals surface area (Å²) in [6.45, 7) is 13.4. The molecule has 64 valence electrons. The predicted octanol–water partition coefficient (Wildman–Crippen LogP) is 4.11. The van der Waals surface area contributed by atoms with Crippen LogP contribution < -0.4 is 0 Å². The minimum atomic E-state index is 1.08. The summed E-state index contributed by atoms with van der Waals surface area (Å²) < 4.78 is 0. The van der Waals surface area contributed by atoms with E-state index >= 15 is 0 Å². The molecule has 0 heterocycles. The van der Waals surface area contributed by atoms with E-state index < -0.39 is 0 Å². The Balaban J connectivity index is 0. The first kappa shape index (κ1) is 12.9. The number of hydrogen-bond acceptors (Lipinski definition) is 0. The molecule has 0 atom stereocenters. The van der Waals surface area contributed by atoms with E-state index in [0.717, 1.165) is 18.4 Å². The maximum absolute atomic E-state index is 3.71. The minimum absolute atomic E-state index is 1.08. The molecule has 0 bridgehead atoms. The van der Waals surface area contributed by atoms with Gasteiger partial charge >= 0.3 is 0 Å². The molecule has 0 rings (SSSR count). The zero-order valence-corrected chi connectivity index (χ0v) is 8.06. The van der Waals surface area contributed by atoms with Crippen LogP contribution in [-0.4, -0.2) is 0 Å². The predicted molar refractivity (Wildman–Crippen MR) is 54.7 cm³/mol. The Hall–Kier alpha value is -0.780. The van der Waals surface area contributed by atoms with Crippen LogP contribution in [0.15, 0.2) is 37.0 Å². The molecule has 0 aliphatic rings. The Morgan fingerprint density at radius 2 is 1.73 bits per heavy atom. The Bertz CT molecular complexity index is 118. The molecule has 0 radical (unpaired) electrons. The Morgan fingerprint density at radius 3 is 1.82 bits per heavy atom. The van der Waals surface area contributed by atoms with Gasteiger partial charge < -0.3 is 0 Å². The van der Waals surface area contributed by atoms with Gasteiger partial charge in [-0.1, -0.05) is 44.2 Å². The van der Waals surface area contributed by atoms with Crippen LogP contribution >= 0.6 is 0 Å². The van der Waals surface area contributed by atoms with Gasteiger partial charge in [-0.15, -0.1) is 6.58 Å². The van der Waals surface area contributed by atoms with Crippen molar-refractivity contribution in [2.24, 2.45) is 0 Å². The maximum Gasteiger partial charge on any atom is -0.0376 e. The molecule has 0 aliphatic heterocycles. The fourth-order valence-corrected chi connectivity index (χ4v) is 0.319. The smallest absolute Gasteiger partial charge is 0.0376 e. The molecule has 0 N–H and O–H groups in total. The van der Waals surface area contributed by atoms with Crippen molar-refractivity contribution in [1.29, 1.82) is 0 Å². The van der Waals surface area contributed by atoms with Crippen molar-refractivity contribution in [2.75, 3.05) is 0 Å². The van der Waals surface area contributed by atoms with Crippen molar-refractivity contribution >= 4 is 0 Å². The second-order valence-corrected chi connectivity index (χ2v) is 2.35. The summed E-state index contributed by atoms with van der Waals surface area (Å²) in [5, 5.41) is 0. The van der Waals surface area contributed by atoms with Gasteiger partial charge in [-0.3, -0.25) is 0 Å². The topological polar surface area (TPSA) is 0 Å². The zero-order valence-electron chi connectivity index (χ0n) is 8.06. The van der Waals surface area contributed by atoms with Crippen LogP contribution in [0.25, 0.3) is 0 Å². The number of rotatable bonds is 3. The molecule has 0 heteroatoms. The molecule has 0 saturated heterocycles. The second kappa shape index (κ2) is 12.0. The second-order valence-electron chi connectivity index (χ2n) is 2.35. The number of hydrogen-bond donors (Lipinski definition) is 0. The average Bonchev–Trinajstić information content (AvgIpc) is 2.01. The summed E-state index contributed by atoms with van der Waals surface area (Å²) in [6.07, 6.45) is 8.19. The van der Waals surface area contributed by atoms with Crippen LogP contribution in [0.3, 0.4) is 0 Å². The zero-order chi connectivity index (χ0) is 9.11. The third-order valence-electron chi connectivity index (χ3n) is 0.927. The van der Waals surface area contributed by atoms with Gasteiger partial charge in [0.2, 0.25) is 0 Å². The summed E-state index contributed by atoms with van der Waals surface area (Å²) >= 11 is 0. The highest BCUT2D eigenvalue weighted by Gasteiger charge is 1.67. The van der Waals surface area contributed by atoms with E-state index in [0.29, 0.717) is 0 Å². The molecule has 0 amide bonds. The van der Waals surface area contributed by atoms with Gasteiger partial charge in [0.05, 0.1) is 0 Å². The highest BCUT2D eigenvalue weighted by Crippen LogP contribution is 1.89. The van der Waals surface area contributed by atoms with Crippen molar-refractivity contribution < 1.29 is 0 Å². The first-order valence-electron chi connectivity index (χ1n) is 4.11. The summed E-state index contributed by atoms with van der Waals surface area (Å²) in [5.74, 6) is 0. The van der Waals surface area contributed by atoms with Gasteiger partial charge in [0.25, 0.3) is 0 Å². The largest absolute Gasteiger partial charge is 0.103 e. The summed E-state index contributed by atoms with van der Waals surface area (Å²) in [4.78, 5) is 0. The van der Waals surface area contributed by atoms with Crippen molar-refractivity contribution in [2.45, 2.75) is 33.6 Å². The quantitative estimate of drug-likeness (QED) is 0.421. The Morgan fingerprint density at radius 1 is 1.27 bits per heavy atom. The lowest BCUT2D eigenvalue weighted by Crippen LogP contribution is -1.58. The Labute approximate surface area is 71.3 Å². The highest BCUT2D eigenvalue weighted by molar-refractivity contribution is 5.10. The van der Waals surface area contributed by atoms with E-state index in [1.165, 1.54) is 0 Å². The summed E-state index contributed by atoms with van der Waals surface area (Å²) in [5.41, 5.74) is 1.13. The van der Waals surface area contributed by atoms with Gasteiger partial charge in [0.15, 0.2) is 0 Å². The Kier molecular flexibility index (Phi) is 14.0. The maximum atomic E-state index is 3.71. The first-order chi connectivity index (χ1) is 5.18. The third kappa shape index (κ3) is 27.0. The molecule has 0 saturated carbocycles. The molecule has 0 aromatic heterocycles. The van der Waals surface area contributed by atoms with Crippen LogP contribution in [0.1, 0.15) is 33.6 Å². The molecule has 11 heavy (non-hydrogen) atoms. The van der Waals surface area contributed by atoms with Gasteiger partial charge in [0.1, 0.15) is 0 Å². The van der Waals surface area contributed by atoms with E-state index in [9.17, 15) is 0 Å². The average molecular weight is 152 g/mol. The lowest BCUT2D eigenvalue weighted by atomic mass is 10.3. The SMILES string of the molecule is C=C(C)/C=C\CC.C=CCC. The fourth-order valence-electron chi connectivity index (χ4n) is 0.319. The van der Waals surface area contributed by atoms with Crippen LogP contribution in [0.5, 0.6) is 0 Å². The van der Waals surface area contributed by atoms with Crippen molar-refractivity contribution in [1.82, 2.24) is 0 Å². The molecule has 0 unspecified atom stereocenters. The van der Waals surface area contributed by atoms with E-state index in [1.807, 2.05) is 19.1 Å². The molecular formula is C11H20. The highest BCUT2D eigenvalue weighted by atomic mass is 13.7. The molecule has 0 nitrogen and oxygen atoms in total. The summed E-state index contributed by atoms with van der Waals surface area (Å²) in [6, 6.07) is 0. The van der Waals surface area contributed by atoms with E-state index in [2.05, 4.69) is 33.1 Å². The van der Waals surface area contributed by atoms with Gasteiger partial charge in [-0.25, -0.2) is 0 Å². The van der Waals surface area contributed by atoms with Gasteiger partial charge in [-0.2, -0.15) is 0 Å². The fraction of sp³-hybridized carbons (Fsp3) is 0.455. The molecular weight excluding hydrogens is 132 g/mol. The van der Waals surface area contributed by atoms with Gasteiger partial charge in [-0.05, 0) is 19.8 Å². The van der Waals surface area contributed by atoms with Crippen LogP contribution in [0, 0.1) is 0 Å². The van der Waals surface area contributed by atoms with Crippen molar-refractivity contribution in [3.05, 3.63) is 37.0 Å². The lowest BCUT2D eigenvalue weighted by molar-refractivity contribution is 1.22. The van der Waals surface area contributed by atoms with Crippen molar-refractivity contribution in [3.8, 4) is 0 Å². The lowest BCUT2D eigenvalue weighted by Gasteiger charge is -1.79. The van der Waals surface area contributed by atoms with Gasteiger partial charge in [0, 0.05) is 0 Å². The van der Waals surface area contributed by atoms with E-state index in [4.69, 9.17) is 0 Å². The molecule has 0 spiro atoms. The first-order valence-corrected chi connectivity index (χ1v) is 4.11. The number of allylic oxidation sites excluding steroid dienone is 4. The van der Waals surface area contributed by atoms with E-state index in [1.54, 1.807) is 0 Å².